The van der Waals surface area contributed by atoms with Crippen LogP contribution in [0.2, 0.25) is 10.0 Å². The zero-order valence-corrected chi connectivity index (χ0v) is 18.1. The molecule has 2 aliphatic heterocycles. The first-order chi connectivity index (χ1) is 14.8. The van der Waals surface area contributed by atoms with Crippen molar-refractivity contribution in [2.75, 3.05) is 13.1 Å². The second-order valence-electron chi connectivity index (χ2n) is 7.72. The first kappa shape index (κ1) is 21.7. The molecule has 0 amide bonds. The summed E-state index contributed by atoms with van der Waals surface area (Å²) in [6.45, 7) is 2.53. The fourth-order valence-electron chi connectivity index (χ4n) is 4.35. The maximum absolute atomic E-state index is 14.9. The first-order valence-corrected chi connectivity index (χ1v) is 10.5. The Morgan fingerprint density at radius 2 is 1.90 bits per heavy atom. The second-order valence-corrected chi connectivity index (χ2v) is 8.50. The van der Waals surface area contributed by atoms with Gasteiger partial charge in [0.15, 0.2) is 5.78 Å². The molecule has 2 aromatic rings. The number of Topliss-reactive ketones (excluding diaryl/α,β-unsaturated/α-hetero) is 1. The van der Waals surface area contributed by atoms with Crippen LogP contribution in [0.1, 0.15) is 24.0 Å². The Morgan fingerprint density at radius 3 is 2.58 bits per heavy atom. The molecule has 0 aliphatic carbocycles. The summed E-state index contributed by atoms with van der Waals surface area (Å²) in [5.74, 6) is -4.50. The van der Waals surface area contributed by atoms with Crippen LogP contribution in [0.4, 0.5) is 4.39 Å². The van der Waals surface area contributed by atoms with E-state index in [4.69, 9.17) is 23.2 Å². The summed E-state index contributed by atoms with van der Waals surface area (Å²) in [5.41, 5.74) is 1.90. The number of halogens is 3. The molecule has 0 radical (unpaired) electrons. The topological polar surface area (TPSA) is 70.0 Å². The zero-order valence-electron chi connectivity index (χ0n) is 16.6. The standard InChI is InChI=1S/C23H19Cl2FN2O3/c1-12-18(23(30)31)21(19-15(26)8-7-14(24)22(19)25)20-16(27-12)10-28(11-17(20)29)9-13-5-3-2-4-6-13/h2-8,18,21H,9-11H2,1H3,(H,30,31). The molecule has 0 bridgehead atoms. The van der Waals surface area contributed by atoms with Gasteiger partial charge in [-0.15, -0.1) is 0 Å². The van der Waals surface area contributed by atoms with Gasteiger partial charge in [-0.2, -0.15) is 0 Å². The summed E-state index contributed by atoms with van der Waals surface area (Å²) in [6.07, 6.45) is 0. The number of carboxylic acid groups (broad SMARTS) is 1. The quantitative estimate of drug-likeness (QED) is 0.669. The Labute approximate surface area is 188 Å². The molecule has 0 spiro atoms. The van der Waals surface area contributed by atoms with Gasteiger partial charge in [0.05, 0.1) is 22.3 Å². The number of aliphatic imine (C=N–C) groups is 1. The van der Waals surface area contributed by atoms with E-state index in [0.717, 1.165) is 11.6 Å². The lowest BCUT2D eigenvalue weighted by atomic mass is 9.73. The van der Waals surface area contributed by atoms with Crippen LogP contribution in [0.25, 0.3) is 0 Å². The van der Waals surface area contributed by atoms with Crippen molar-refractivity contribution in [3.8, 4) is 0 Å². The van der Waals surface area contributed by atoms with Gasteiger partial charge in [-0.25, -0.2) is 4.39 Å². The number of carboxylic acids is 1. The lowest BCUT2D eigenvalue weighted by Gasteiger charge is -2.37. The number of carbonyl (C=O) groups excluding carboxylic acids is 1. The summed E-state index contributed by atoms with van der Waals surface area (Å²) in [7, 11) is 0. The normalized spacial score (nSPS) is 21.7. The zero-order chi connectivity index (χ0) is 22.3. The van der Waals surface area contributed by atoms with Gasteiger partial charge in [0.2, 0.25) is 0 Å². The van der Waals surface area contributed by atoms with Crippen LogP contribution in [0, 0.1) is 11.7 Å². The van der Waals surface area contributed by atoms with Crippen LogP contribution in [0.15, 0.2) is 58.7 Å². The van der Waals surface area contributed by atoms with Crippen molar-refractivity contribution in [2.24, 2.45) is 10.9 Å². The van der Waals surface area contributed by atoms with Crippen LogP contribution >= 0.6 is 23.2 Å². The van der Waals surface area contributed by atoms with Crippen molar-refractivity contribution < 1.29 is 19.1 Å². The predicted octanol–water partition coefficient (Wildman–Crippen LogP) is 4.73. The molecule has 31 heavy (non-hydrogen) atoms. The maximum Gasteiger partial charge on any atom is 0.313 e. The fourth-order valence-corrected chi connectivity index (χ4v) is 4.79. The van der Waals surface area contributed by atoms with E-state index in [1.54, 1.807) is 6.92 Å². The van der Waals surface area contributed by atoms with E-state index >= 15 is 0 Å². The van der Waals surface area contributed by atoms with E-state index in [1.807, 2.05) is 35.2 Å². The Balaban J connectivity index is 1.81. The minimum absolute atomic E-state index is 0.0743. The van der Waals surface area contributed by atoms with Gasteiger partial charge in [0, 0.05) is 35.9 Å². The predicted molar refractivity (Wildman–Crippen MR) is 117 cm³/mol. The second kappa shape index (κ2) is 8.54. The molecule has 4 rings (SSSR count). The number of carbonyl (C=O) groups is 2. The number of aliphatic carboxylic acids is 1. The molecule has 1 N–H and O–H groups in total. The summed E-state index contributed by atoms with van der Waals surface area (Å²) in [4.78, 5) is 31.7. The minimum Gasteiger partial charge on any atom is -0.481 e. The number of rotatable bonds is 4. The molecule has 0 aromatic heterocycles. The lowest BCUT2D eigenvalue weighted by molar-refractivity contribution is -0.139. The molecule has 8 heteroatoms. The van der Waals surface area contributed by atoms with Crippen molar-refractivity contribution >= 4 is 40.7 Å². The monoisotopic (exact) mass is 460 g/mol. The highest BCUT2D eigenvalue weighted by atomic mass is 35.5. The highest BCUT2D eigenvalue weighted by Crippen LogP contribution is 2.46. The van der Waals surface area contributed by atoms with E-state index < -0.39 is 23.6 Å². The third kappa shape index (κ3) is 4.03. The highest BCUT2D eigenvalue weighted by molar-refractivity contribution is 6.42. The van der Waals surface area contributed by atoms with Crippen LogP contribution < -0.4 is 0 Å². The number of hydrogen-bond acceptors (Lipinski definition) is 4. The third-order valence-electron chi connectivity index (χ3n) is 5.66. The van der Waals surface area contributed by atoms with Gasteiger partial charge in [0.25, 0.3) is 0 Å². The molecule has 0 saturated carbocycles. The largest absolute Gasteiger partial charge is 0.481 e. The summed E-state index contributed by atoms with van der Waals surface area (Å²) in [6, 6.07) is 12.1. The maximum atomic E-state index is 14.9. The molecule has 160 valence electrons. The van der Waals surface area contributed by atoms with Crippen LogP contribution in [-0.2, 0) is 16.1 Å². The summed E-state index contributed by atoms with van der Waals surface area (Å²) >= 11 is 12.4. The van der Waals surface area contributed by atoms with E-state index in [-0.39, 0.29) is 33.5 Å². The summed E-state index contributed by atoms with van der Waals surface area (Å²) < 4.78 is 14.9. The van der Waals surface area contributed by atoms with Crippen molar-refractivity contribution in [1.29, 1.82) is 0 Å². The minimum atomic E-state index is -1.21. The van der Waals surface area contributed by atoms with Crippen molar-refractivity contribution in [1.82, 2.24) is 4.90 Å². The van der Waals surface area contributed by atoms with Gasteiger partial charge < -0.3 is 5.11 Å². The number of nitrogens with zero attached hydrogens (tertiary/aromatic N) is 2. The van der Waals surface area contributed by atoms with Gasteiger partial charge in [-0.3, -0.25) is 19.5 Å². The molecule has 2 atom stereocenters. The fraction of sp³-hybridized carbons (Fsp3) is 0.261. The average Bonchev–Trinajstić information content (AvgIpc) is 2.71. The van der Waals surface area contributed by atoms with Gasteiger partial charge >= 0.3 is 5.97 Å². The average molecular weight is 461 g/mol. The van der Waals surface area contributed by atoms with Crippen LogP contribution in [0.3, 0.4) is 0 Å². The van der Waals surface area contributed by atoms with Crippen LogP contribution in [0.5, 0.6) is 0 Å². The van der Waals surface area contributed by atoms with Crippen molar-refractivity contribution in [3.63, 3.8) is 0 Å². The van der Waals surface area contributed by atoms with E-state index in [1.165, 1.54) is 6.07 Å². The Hall–Kier alpha value is -2.54. The van der Waals surface area contributed by atoms with Crippen LogP contribution in [-0.4, -0.2) is 40.6 Å². The van der Waals surface area contributed by atoms with Crippen molar-refractivity contribution in [2.45, 2.75) is 19.4 Å². The molecule has 2 unspecified atom stereocenters. The Kier molecular flexibility index (Phi) is 5.97. The van der Waals surface area contributed by atoms with E-state index in [0.29, 0.717) is 24.5 Å². The Morgan fingerprint density at radius 1 is 1.19 bits per heavy atom. The molecule has 2 aliphatic rings. The smallest absolute Gasteiger partial charge is 0.313 e. The summed E-state index contributed by atoms with van der Waals surface area (Å²) in [5, 5.41) is 9.90. The molecule has 2 heterocycles. The van der Waals surface area contributed by atoms with Gasteiger partial charge in [-0.1, -0.05) is 53.5 Å². The SMILES string of the molecule is CC1=NC2=C(C(=O)CN(Cc3ccccc3)C2)C(c2c(F)ccc(Cl)c2Cl)C1C(=O)O. The molecular weight excluding hydrogens is 442 g/mol. The first-order valence-electron chi connectivity index (χ1n) is 9.71. The van der Waals surface area contributed by atoms with Gasteiger partial charge in [-0.05, 0) is 24.6 Å². The number of ketones is 1. The van der Waals surface area contributed by atoms with Gasteiger partial charge in [0.1, 0.15) is 11.7 Å². The molecule has 2 aromatic carbocycles. The number of benzene rings is 2. The highest BCUT2D eigenvalue weighted by Gasteiger charge is 2.45. The van der Waals surface area contributed by atoms with Crippen molar-refractivity contribution in [3.05, 3.63) is 80.7 Å². The molecular formula is C23H19Cl2FN2O3. The number of hydrogen-bond donors (Lipinski definition) is 1. The molecule has 0 saturated heterocycles. The van der Waals surface area contributed by atoms with E-state index in [9.17, 15) is 19.1 Å². The molecule has 0 fully saturated rings. The third-order valence-corrected chi connectivity index (χ3v) is 6.48. The lowest BCUT2D eigenvalue weighted by Crippen LogP contribution is -2.44. The Bertz CT molecular complexity index is 1130. The molecule has 5 nitrogen and oxygen atoms in total. The van der Waals surface area contributed by atoms with E-state index in [2.05, 4.69) is 4.99 Å².